The molecule has 4 rings (SSSR count). The van der Waals surface area contributed by atoms with Gasteiger partial charge in [-0.3, -0.25) is 4.90 Å². The van der Waals surface area contributed by atoms with Crippen LogP contribution in [0.15, 0.2) is 66.9 Å². The Morgan fingerprint density at radius 2 is 1.74 bits per heavy atom. The van der Waals surface area contributed by atoms with E-state index in [0.717, 1.165) is 43.1 Å². The van der Waals surface area contributed by atoms with Gasteiger partial charge in [0.2, 0.25) is 0 Å². The van der Waals surface area contributed by atoms with Gasteiger partial charge in [0.1, 0.15) is 0 Å². The Balaban J connectivity index is 1.75. The van der Waals surface area contributed by atoms with Gasteiger partial charge in [0.25, 0.3) is 0 Å². The van der Waals surface area contributed by atoms with Crippen LogP contribution in [0.2, 0.25) is 0 Å². The van der Waals surface area contributed by atoms with Gasteiger partial charge in [-0.1, -0.05) is 42.5 Å². The zero-order chi connectivity index (χ0) is 18.6. The molecule has 0 unspecified atom stereocenters. The van der Waals surface area contributed by atoms with Crippen LogP contribution in [0.5, 0.6) is 11.5 Å². The number of ether oxygens (including phenoxy) is 2. The number of nitrogens with zero attached hydrogens (tertiary/aromatic N) is 2. The highest BCUT2D eigenvalue weighted by Gasteiger charge is 2.28. The highest BCUT2D eigenvalue weighted by atomic mass is 16.5. The molecule has 140 valence electrons. The van der Waals surface area contributed by atoms with E-state index >= 15 is 0 Å². The van der Waals surface area contributed by atoms with Crippen molar-refractivity contribution in [1.29, 1.82) is 0 Å². The molecule has 0 aliphatic carbocycles. The van der Waals surface area contributed by atoms with Crippen LogP contribution in [0.4, 0.5) is 0 Å². The van der Waals surface area contributed by atoms with Crippen molar-refractivity contribution < 1.29 is 9.47 Å². The second-order valence-electron chi connectivity index (χ2n) is 6.92. The first-order valence-electron chi connectivity index (χ1n) is 9.45. The third-order valence-corrected chi connectivity index (χ3v) is 5.33. The Hall–Kier alpha value is -2.72. The highest BCUT2D eigenvalue weighted by Crippen LogP contribution is 2.36. The predicted octanol–water partition coefficient (Wildman–Crippen LogP) is 4.50. The molecular weight excluding hydrogens is 336 g/mol. The molecule has 0 amide bonds. The summed E-state index contributed by atoms with van der Waals surface area (Å²) in [6, 6.07) is 21.5. The minimum atomic E-state index is 0.222. The van der Waals surface area contributed by atoms with Gasteiger partial charge in [0.05, 0.1) is 20.3 Å². The average Bonchev–Trinajstić information content (AvgIpc) is 3.09. The van der Waals surface area contributed by atoms with E-state index in [1.807, 2.05) is 12.1 Å². The van der Waals surface area contributed by atoms with E-state index in [2.05, 4.69) is 64.2 Å². The van der Waals surface area contributed by atoms with E-state index in [0.29, 0.717) is 0 Å². The third-order valence-electron chi connectivity index (χ3n) is 5.33. The van der Waals surface area contributed by atoms with E-state index in [9.17, 15) is 0 Å². The lowest BCUT2D eigenvalue weighted by Crippen LogP contribution is -2.29. The first kappa shape index (κ1) is 17.7. The first-order valence-corrected chi connectivity index (χ1v) is 9.45. The van der Waals surface area contributed by atoms with E-state index in [-0.39, 0.29) is 6.04 Å². The molecular formula is C23H26N2O2. The van der Waals surface area contributed by atoms with Gasteiger partial charge in [-0.05, 0) is 30.2 Å². The summed E-state index contributed by atoms with van der Waals surface area (Å²) >= 11 is 0. The minimum absolute atomic E-state index is 0.222. The van der Waals surface area contributed by atoms with Crippen molar-refractivity contribution >= 4 is 0 Å². The van der Waals surface area contributed by atoms with Crippen molar-refractivity contribution in [1.82, 2.24) is 9.47 Å². The molecule has 0 N–H and O–H groups in total. The Bertz CT molecular complexity index is 888. The predicted molar refractivity (Wildman–Crippen MR) is 107 cm³/mol. The number of aryl methyl sites for hydroxylation is 1. The molecule has 1 aliphatic heterocycles. The van der Waals surface area contributed by atoms with Crippen molar-refractivity contribution in [2.24, 2.45) is 0 Å². The van der Waals surface area contributed by atoms with Gasteiger partial charge in [-0.2, -0.15) is 0 Å². The van der Waals surface area contributed by atoms with Gasteiger partial charge >= 0.3 is 0 Å². The summed E-state index contributed by atoms with van der Waals surface area (Å²) in [7, 11) is 3.40. The normalized spacial score (nSPS) is 17.2. The van der Waals surface area contributed by atoms with Crippen molar-refractivity contribution in [3.05, 3.63) is 83.7 Å². The first-order chi connectivity index (χ1) is 13.3. The van der Waals surface area contributed by atoms with Crippen molar-refractivity contribution in [2.75, 3.05) is 20.8 Å². The Kier molecular flexibility index (Phi) is 5.16. The molecule has 4 nitrogen and oxygen atoms in total. The average molecular weight is 362 g/mol. The van der Waals surface area contributed by atoms with Crippen LogP contribution in [0.3, 0.4) is 0 Å². The second kappa shape index (κ2) is 7.89. The number of hydrogen-bond donors (Lipinski definition) is 0. The number of methoxy groups -OCH3 is 2. The Labute approximate surface area is 161 Å². The molecule has 0 spiro atoms. The summed E-state index contributed by atoms with van der Waals surface area (Å²) in [4.78, 5) is 2.55. The van der Waals surface area contributed by atoms with Crippen LogP contribution in [0.25, 0.3) is 0 Å². The van der Waals surface area contributed by atoms with Crippen LogP contribution < -0.4 is 9.47 Å². The highest BCUT2D eigenvalue weighted by molar-refractivity contribution is 5.46. The lowest BCUT2D eigenvalue weighted by atomic mass is 10.0. The fraction of sp³-hybridized carbons (Fsp3) is 0.304. The third kappa shape index (κ3) is 3.45. The monoisotopic (exact) mass is 362 g/mol. The van der Waals surface area contributed by atoms with Gasteiger partial charge in [0, 0.05) is 37.1 Å². The molecule has 0 fully saturated rings. The van der Waals surface area contributed by atoms with Crippen molar-refractivity contribution in [3.63, 3.8) is 0 Å². The molecule has 2 aromatic carbocycles. The van der Waals surface area contributed by atoms with Crippen LogP contribution in [0.1, 0.15) is 29.3 Å². The number of hydrogen-bond acceptors (Lipinski definition) is 3. The van der Waals surface area contributed by atoms with Crippen molar-refractivity contribution in [2.45, 2.75) is 25.6 Å². The van der Waals surface area contributed by atoms with Gasteiger partial charge in [-0.15, -0.1) is 0 Å². The Morgan fingerprint density at radius 3 is 2.52 bits per heavy atom. The molecule has 2 heterocycles. The molecule has 27 heavy (non-hydrogen) atoms. The number of benzene rings is 2. The molecule has 0 bridgehead atoms. The number of rotatable bonds is 5. The lowest BCUT2D eigenvalue weighted by Gasteiger charge is -2.31. The summed E-state index contributed by atoms with van der Waals surface area (Å²) in [6.45, 7) is 2.89. The summed E-state index contributed by atoms with van der Waals surface area (Å²) < 4.78 is 13.6. The second-order valence-corrected chi connectivity index (χ2v) is 6.92. The molecule has 0 radical (unpaired) electrons. The SMILES string of the molecule is COc1cccc(CN2CCCn3cccc3[C@H]2c2ccccc2)c1OC. The van der Waals surface area contributed by atoms with Crippen LogP contribution in [-0.2, 0) is 13.1 Å². The number of fused-ring (bicyclic) bond motifs is 1. The van der Waals surface area contributed by atoms with Crippen LogP contribution >= 0.6 is 0 Å². The molecule has 3 aromatic rings. The maximum Gasteiger partial charge on any atom is 0.165 e. The van der Waals surface area contributed by atoms with E-state index in [1.54, 1.807) is 14.2 Å². The lowest BCUT2D eigenvalue weighted by molar-refractivity contribution is 0.216. The van der Waals surface area contributed by atoms with E-state index in [1.165, 1.54) is 11.3 Å². The van der Waals surface area contributed by atoms with E-state index in [4.69, 9.17) is 9.47 Å². The van der Waals surface area contributed by atoms with Crippen LogP contribution in [0, 0.1) is 0 Å². The van der Waals surface area contributed by atoms with Crippen LogP contribution in [-0.4, -0.2) is 30.2 Å². The van der Waals surface area contributed by atoms with Gasteiger partial charge in [0.15, 0.2) is 11.5 Å². The fourth-order valence-electron chi connectivity index (χ4n) is 4.12. The summed E-state index contributed by atoms with van der Waals surface area (Å²) in [5.41, 5.74) is 3.82. The maximum atomic E-state index is 5.68. The van der Waals surface area contributed by atoms with Gasteiger partial charge in [-0.25, -0.2) is 0 Å². The molecule has 1 aliphatic rings. The molecule has 4 heteroatoms. The minimum Gasteiger partial charge on any atom is -0.493 e. The smallest absolute Gasteiger partial charge is 0.165 e. The Morgan fingerprint density at radius 1 is 0.889 bits per heavy atom. The molecule has 0 saturated carbocycles. The quantitative estimate of drug-likeness (QED) is 0.668. The summed E-state index contributed by atoms with van der Waals surface area (Å²) in [6.07, 6.45) is 3.32. The summed E-state index contributed by atoms with van der Waals surface area (Å²) in [5, 5.41) is 0. The number of para-hydroxylation sites is 1. The largest absolute Gasteiger partial charge is 0.493 e. The standard InChI is InChI=1S/C23H26N2O2/c1-26-21-13-6-11-19(23(21)27-2)17-25-16-8-15-24-14-7-12-20(24)22(25)18-9-4-3-5-10-18/h3-7,9-14,22H,8,15-17H2,1-2H3/t22-/m1/s1. The topological polar surface area (TPSA) is 26.6 Å². The zero-order valence-electron chi connectivity index (χ0n) is 16.0. The molecule has 0 saturated heterocycles. The maximum absolute atomic E-state index is 5.68. The molecule has 1 aromatic heterocycles. The molecule has 1 atom stereocenters. The number of aromatic nitrogens is 1. The zero-order valence-corrected chi connectivity index (χ0v) is 16.0. The van der Waals surface area contributed by atoms with Crippen molar-refractivity contribution in [3.8, 4) is 11.5 Å². The fourth-order valence-corrected chi connectivity index (χ4v) is 4.12. The van der Waals surface area contributed by atoms with Gasteiger partial charge < -0.3 is 14.0 Å². The summed E-state index contributed by atoms with van der Waals surface area (Å²) in [5.74, 6) is 1.61. The van der Waals surface area contributed by atoms with E-state index < -0.39 is 0 Å².